The minimum Gasteiger partial charge on any atom is -0.328 e. The van der Waals surface area contributed by atoms with Crippen LogP contribution in [0, 0.1) is 71.0 Å². The van der Waals surface area contributed by atoms with Crippen LogP contribution in [0.3, 0.4) is 0 Å². The molecule has 8 atom stereocenters. The molecule has 2 heterocycles. The molecule has 2 N–H and O–H groups in total. The smallest absolute Gasteiger partial charge is 0.232 e. The minimum atomic E-state index is -0.0142. The number of piperidine rings is 2. The highest BCUT2D eigenvalue weighted by molar-refractivity contribution is 6.02. The third-order valence-electron chi connectivity index (χ3n) is 17.4. The number of carbonyl (C=O) groups is 4. The summed E-state index contributed by atoms with van der Waals surface area (Å²) in [5.74, 6) is 3.94. The van der Waals surface area contributed by atoms with Crippen molar-refractivity contribution in [3.05, 3.63) is 0 Å². The number of fused-ring (bicyclic) bond motifs is 2. The number of hydrogen-bond acceptors (Lipinski definition) is 7. The van der Waals surface area contributed by atoms with Gasteiger partial charge in [0.25, 0.3) is 0 Å². The lowest BCUT2D eigenvalue weighted by Gasteiger charge is -2.68. The summed E-state index contributed by atoms with van der Waals surface area (Å²) in [6.45, 7) is 0. The van der Waals surface area contributed by atoms with Gasteiger partial charge >= 0.3 is 0 Å². The van der Waals surface area contributed by atoms with Crippen molar-refractivity contribution in [2.45, 2.75) is 165 Å². The van der Waals surface area contributed by atoms with Gasteiger partial charge in [-0.3, -0.25) is 29.0 Å². The van der Waals surface area contributed by atoms with Crippen LogP contribution in [0.2, 0.25) is 0 Å². The Hall–Kier alpha value is -2.16. The van der Waals surface area contributed by atoms with Crippen molar-refractivity contribution in [1.82, 2.24) is 9.80 Å². The Labute approximate surface area is 304 Å². The molecule has 4 amide bonds. The van der Waals surface area contributed by atoms with E-state index in [4.69, 9.17) is 16.0 Å². The lowest BCUT2D eigenvalue weighted by Crippen LogP contribution is -2.69. The lowest BCUT2D eigenvalue weighted by atomic mass is 9.38. The molecular formula is C42H61N5O4. The predicted molar refractivity (Wildman–Crippen MR) is 191 cm³/mol. The first-order valence-corrected chi connectivity index (χ1v) is 21.8. The monoisotopic (exact) mass is 699 g/mol. The van der Waals surface area contributed by atoms with Crippen LogP contribution < -0.4 is 5.73 Å². The average Bonchev–Trinajstić information content (AvgIpc) is 3.16. The van der Waals surface area contributed by atoms with Gasteiger partial charge in [-0.2, -0.15) is 10.2 Å². The summed E-state index contributed by atoms with van der Waals surface area (Å²) in [5, 5.41) is 9.51. The van der Waals surface area contributed by atoms with Gasteiger partial charge in [0.2, 0.25) is 23.6 Å². The van der Waals surface area contributed by atoms with Crippen LogP contribution in [0.25, 0.3) is 0 Å². The Morgan fingerprint density at radius 1 is 0.392 bits per heavy atom. The highest BCUT2D eigenvalue weighted by atomic mass is 16.2. The first kappa shape index (κ1) is 33.4. The van der Waals surface area contributed by atoms with Crippen LogP contribution >= 0.6 is 0 Å². The van der Waals surface area contributed by atoms with E-state index in [0.717, 1.165) is 103 Å². The van der Waals surface area contributed by atoms with E-state index in [-0.39, 0.29) is 83.3 Å². The number of amides is 4. The molecule has 10 fully saturated rings. The number of hydrogen-bond donors (Lipinski definition) is 1. The molecular weight excluding hydrogens is 638 g/mol. The molecule has 0 radical (unpaired) electrons. The number of azo groups is 1. The molecule has 10 aliphatic rings. The third kappa shape index (κ3) is 5.21. The molecule has 8 unspecified atom stereocenters. The van der Waals surface area contributed by atoms with Gasteiger partial charge in [0, 0.05) is 41.8 Å². The SMILES string of the molecule is NC1CCC(N2C(=O)C3CCC4C5CCC6C(=O)N(C7CCC(N=NC8CCCCC8)CC7)C(=O)C7CCC(C8CCC(C2=O)C3C48)C5C67)CC1. The highest BCUT2D eigenvalue weighted by Gasteiger charge is 2.68. The normalized spacial score (nSPS) is 49.9. The van der Waals surface area contributed by atoms with Gasteiger partial charge in [-0.1, -0.05) is 19.3 Å². The van der Waals surface area contributed by atoms with E-state index >= 15 is 0 Å². The van der Waals surface area contributed by atoms with Crippen molar-refractivity contribution in [3.63, 3.8) is 0 Å². The number of likely N-dealkylation sites (tertiary alicyclic amines) is 2. The van der Waals surface area contributed by atoms with Crippen LogP contribution in [0.5, 0.6) is 0 Å². The van der Waals surface area contributed by atoms with Crippen molar-refractivity contribution in [3.8, 4) is 0 Å². The van der Waals surface area contributed by atoms with Gasteiger partial charge in [-0.25, -0.2) is 0 Å². The maximum atomic E-state index is 14.5. The van der Waals surface area contributed by atoms with Crippen LogP contribution in [-0.2, 0) is 19.2 Å². The van der Waals surface area contributed by atoms with Crippen LogP contribution in [0.4, 0.5) is 0 Å². The topological polar surface area (TPSA) is 126 Å². The van der Waals surface area contributed by atoms with Crippen molar-refractivity contribution < 1.29 is 19.2 Å². The largest absolute Gasteiger partial charge is 0.328 e. The molecule has 8 saturated carbocycles. The molecule has 51 heavy (non-hydrogen) atoms. The zero-order chi connectivity index (χ0) is 34.5. The van der Waals surface area contributed by atoms with Gasteiger partial charge in [-0.15, -0.1) is 0 Å². The summed E-state index contributed by atoms with van der Waals surface area (Å²) in [6.07, 6.45) is 21.2. The minimum absolute atomic E-state index is 0.00760. The van der Waals surface area contributed by atoms with Crippen molar-refractivity contribution in [2.24, 2.45) is 87.0 Å². The van der Waals surface area contributed by atoms with E-state index < -0.39 is 0 Å². The van der Waals surface area contributed by atoms with Crippen LogP contribution in [0.15, 0.2) is 10.2 Å². The van der Waals surface area contributed by atoms with E-state index in [1.165, 1.54) is 32.1 Å². The molecule has 278 valence electrons. The second kappa shape index (κ2) is 13.0. The van der Waals surface area contributed by atoms with Crippen molar-refractivity contribution in [1.29, 1.82) is 0 Å². The van der Waals surface area contributed by atoms with Gasteiger partial charge in [0.05, 0.1) is 12.1 Å². The molecule has 9 heteroatoms. The Balaban J connectivity index is 0.858. The number of rotatable bonds is 4. The summed E-state index contributed by atoms with van der Waals surface area (Å²) in [5.41, 5.74) is 6.21. The van der Waals surface area contributed by atoms with Gasteiger partial charge in [0.1, 0.15) is 0 Å². The second-order valence-corrected chi connectivity index (χ2v) is 19.3. The van der Waals surface area contributed by atoms with Crippen LogP contribution in [0.1, 0.15) is 135 Å². The highest BCUT2D eigenvalue weighted by Crippen LogP contribution is 2.69. The van der Waals surface area contributed by atoms with E-state index in [9.17, 15) is 19.2 Å². The summed E-state index contributed by atoms with van der Waals surface area (Å²) in [4.78, 5) is 61.1. The molecule has 0 aromatic rings. The second-order valence-electron chi connectivity index (χ2n) is 19.3. The Morgan fingerprint density at radius 3 is 1.14 bits per heavy atom. The Kier molecular flexibility index (Phi) is 8.52. The molecule has 8 aliphatic carbocycles. The lowest BCUT2D eigenvalue weighted by molar-refractivity contribution is -0.212. The summed E-state index contributed by atoms with van der Waals surface area (Å²) in [7, 11) is 0. The van der Waals surface area contributed by atoms with E-state index in [0.29, 0.717) is 41.5 Å². The number of nitrogens with two attached hydrogens (primary N) is 1. The number of carbonyl (C=O) groups excluding carboxylic acids is 4. The Morgan fingerprint density at radius 2 is 0.745 bits per heavy atom. The van der Waals surface area contributed by atoms with Gasteiger partial charge in [-0.05, 0) is 163 Å². The molecule has 2 aliphatic heterocycles. The number of imide groups is 2. The standard InChI is InChI=1S/C42H61N5O4/c43-22-6-10-25(11-7-22)46-39(48)31-18-14-27-29-16-20-33-38-34(21-17-30(36(29)38)28-15-19-32(40(46)49)37(31)35(27)28)42(51)47(41(33)50)26-12-8-24(9-13-26)45-44-23-4-2-1-3-5-23/h22-38H,1-21,43H2. The Bertz CT molecular complexity index is 1380. The molecule has 0 aromatic carbocycles. The zero-order valence-electron chi connectivity index (χ0n) is 30.7. The first-order chi connectivity index (χ1) is 24.9. The quantitative estimate of drug-likeness (QED) is 0.259. The fourth-order valence-electron chi connectivity index (χ4n) is 15.4. The van der Waals surface area contributed by atoms with Crippen LogP contribution in [-0.4, -0.2) is 63.6 Å². The van der Waals surface area contributed by atoms with Gasteiger partial charge < -0.3 is 5.73 Å². The summed E-state index contributed by atoms with van der Waals surface area (Å²) >= 11 is 0. The summed E-state index contributed by atoms with van der Waals surface area (Å²) < 4.78 is 0. The molecule has 0 bridgehead atoms. The average molecular weight is 700 g/mol. The fraction of sp³-hybridized carbons (Fsp3) is 0.905. The third-order valence-corrected chi connectivity index (χ3v) is 17.4. The summed E-state index contributed by atoms with van der Waals surface area (Å²) in [6, 6.07) is 0.890. The molecule has 10 rings (SSSR count). The maximum absolute atomic E-state index is 14.5. The van der Waals surface area contributed by atoms with E-state index in [1.54, 1.807) is 9.80 Å². The van der Waals surface area contributed by atoms with Gasteiger partial charge in [0.15, 0.2) is 0 Å². The number of nitrogens with zero attached hydrogens (tertiary/aromatic N) is 4. The van der Waals surface area contributed by atoms with E-state index in [1.807, 2.05) is 0 Å². The first-order valence-electron chi connectivity index (χ1n) is 21.8. The van der Waals surface area contributed by atoms with E-state index in [2.05, 4.69) is 0 Å². The maximum Gasteiger partial charge on any atom is 0.232 e. The molecule has 9 nitrogen and oxygen atoms in total. The molecule has 0 aromatic heterocycles. The van der Waals surface area contributed by atoms with Crippen molar-refractivity contribution >= 4 is 23.6 Å². The molecule has 0 spiro atoms. The van der Waals surface area contributed by atoms with Crippen molar-refractivity contribution in [2.75, 3.05) is 0 Å². The zero-order valence-corrected chi connectivity index (χ0v) is 30.7. The predicted octanol–water partition coefficient (Wildman–Crippen LogP) is 6.67. The molecule has 2 saturated heterocycles. The fourth-order valence-corrected chi connectivity index (χ4v) is 15.4.